The van der Waals surface area contributed by atoms with E-state index in [1.165, 1.54) is 6.42 Å². The molecule has 1 saturated carbocycles. The molecule has 1 aliphatic heterocycles. The lowest BCUT2D eigenvalue weighted by atomic mass is 9.65. The maximum absolute atomic E-state index is 13.1. The number of para-hydroxylation sites is 1. The predicted octanol–water partition coefficient (Wildman–Crippen LogP) is 5.52. The molecule has 0 unspecified atom stereocenters. The summed E-state index contributed by atoms with van der Waals surface area (Å²) in [7, 11) is 0. The van der Waals surface area contributed by atoms with Gasteiger partial charge < -0.3 is 9.64 Å². The van der Waals surface area contributed by atoms with Crippen LogP contribution in [0.3, 0.4) is 0 Å². The van der Waals surface area contributed by atoms with Crippen LogP contribution in [0, 0.1) is 10.8 Å². The van der Waals surface area contributed by atoms with Crippen LogP contribution in [0.4, 0.5) is 0 Å². The second-order valence-electron chi connectivity index (χ2n) is 9.09. The molecular weight excluding hydrogens is 322 g/mol. The third kappa shape index (κ3) is 3.35. The third-order valence-corrected chi connectivity index (χ3v) is 5.76. The van der Waals surface area contributed by atoms with Crippen molar-refractivity contribution in [3.8, 4) is 11.5 Å². The van der Waals surface area contributed by atoms with E-state index >= 15 is 0 Å². The fourth-order valence-corrected chi connectivity index (χ4v) is 5.15. The molecule has 2 atom stereocenters. The fraction of sp³-hybridized carbons (Fsp3) is 0.435. The van der Waals surface area contributed by atoms with E-state index in [-0.39, 0.29) is 11.3 Å². The molecule has 1 saturated heterocycles. The number of benzene rings is 2. The van der Waals surface area contributed by atoms with Gasteiger partial charge in [-0.1, -0.05) is 39.0 Å². The van der Waals surface area contributed by atoms with Gasteiger partial charge in [0.25, 0.3) is 5.91 Å². The van der Waals surface area contributed by atoms with Crippen LogP contribution in [-0.4, -0.2) is 23.4 Å². The summed E-state index contributed by atoms with van der Waals surface area (Å²) >= 11 is 0. The first-order valence-corrected chi connectivity index (χ1v) is 9.48. The lowest BCUT2D eigenvalue weighted by molar-refractivity contribution is 0.0708. The van der Waals surface area contributed by atoms with Gasteiger partial charge in [-0.3, -0.25) is 4.79 Å². The summed E-state index contributed by atoms with van der Waals surface area (Å²) in [6, 6.07) is 17.6. The Morgan fingerprint density at radius 3 is 2.31 bits per heavy atom. The number of likely N-dealkylation sites (tertiary alicyclic amines) is 1. The zero-order valence-electron chi connectivity index (χ0n) is 15.9. The van der Waals surface area contributed by atoms with Crippen molar-refractivity contribution < 1.29 is 9.53 Å². The second-order valence-corrected chi connectivity index (χ2v) is 9.09. The average molecular weight is 349 g/mol. The van der Waals surface area contributed by atoms with Crippen LogP contribution < -0.4 is 4.74 Å². The SMILES string of the molecule is CC1(C)C[C@@H]2C[C@](C)(CN2C(=O)c2ccc(Oc3ccccc3)cc2)C1. The topological polar surface area (TPSA) is 29.5 Å². The lowest BCUT2D eigenvalue weighted by Gasteiger charge is -2.39. The van der Waals surface area contributed by atoms with Crippen molar-refractivity contribution in [2.75, 3.05) is 6.54 Å². The molecule has 2 aromatic carbocycles. The maximum Gasteiger partial charge on any atom is 0.254 e. The quantitative estimate of drug-likeness (QED) is 0.730. The highest BCUT2D eigenvalue weighted by Gasteiger charge is 2.50. The molecule has 0 aromatic heterocycles. The summed E-state index contributed by atoms with van der Waals surface area (Å²) in [6.45, 7) is 7.88. The number of fused-ring (bicyclic) bond motifs is 2. The van der Waals surface area contributed by atoms with Crippen molar-refractivity contribution in [3.05, 3.63) is 60.2 Å². The van der Waals surface area contributed by atoms with E-state index < -0.39 is 0 Å². The van der Waals surface area contributed by atoms with E-state index in [4.69, 9.17) is 4.74 Å². The van der Waals surface area contributed by atoms with E-state index in [0.717, 1.165) is 36.4 Å². The number of hydrogen-bond donors (Lipinski definition) is 0. The summed E-state index contributed by atoms with van der Waals surface area (Å²) in [5.41, 5.74) is 1.33. The lowest BCUT2D eigenvalue weighted by Crippen LogP contribution is -2.37. The smallest absolute Gasteiger partial charge is 0.254 e. The Morgan fingerprint density at radius 1 is 0.962 bits per heavy atom. The Hall–Kier alpha value is -2.29. The van der Waals surface area contributed by atoms with Crippen LogP contribution in [0.5, 0.6) is 11.5 Å². The van der Waals surface area contributed by atoms with Crippen LogP contribution in [0.1, 0.15) is 50.4 Å². The zero-order chi connectivity index (χ0) is 18.4. The van der Waals surface area contributed by atoms with Gasteiger partial charge in [-0.15, -0.1) is 0 Å². The molecular formula is C23H27NO2. The van der Waals surface area contributed by atoms with E-state index in [1.54, 1.807) is 0 Å². The molecule has 2 fully saturated rings. The summed E-state index contributed by atoms with van der Waals surface area (Å²) in [6.07, 6.45) is 3.44. The van der Waals surface area contributed by atoms with E-state index in [2.05, 4.69) is 25.7 Å². The Balaban J connectivity index is 1.49. The first-order valence-electron chi connectivity index (χ1n) is 9.48. The highest BCUT2D eigenvalue weighted by Crippen LogP contribution is 2.52. The van der Waals surface area contributed by atoms with Crippen molar-refractivity contribution in [1.29, 1.82) is 0 Å². The summed E-state index contributed by atoms with van der Waals surface area (Å²) in [5.74, 6) is 1.71. The highest BCUT2D eigenvalue weighted by molar-refractivity contribution is 5.94. The van der Waals surface area contributed by atoms with Gasteiger partial charge in [-0.25, -0.2) is 0 Å². The van der Waals surface area contributed by atoms with Crippen LogP contribution in [0.15, 0.2) is 54.6 Å². The maximum atomic E-state index is 13.1. The number of amides is 1. The van der Waals surface area contributed by atoms with Crippen molar-refractivity contribution in [1.82, 2.24) is 4.90 Å². The van der Waals surface area contributed by atoms with Gasteiger partial charge in [0.15, 0.2) is 0 Å². The molecule has 2 aromatic rings. The minimum atomic E-state index is 0.155. The van der Waals surface area contributed by atoms with Crippen molar-refractivity contribution in [3.63, 3.8) is 0 Å². The minimum Gasteiger partial charge on any atom is -0.457 e. The molecule has 2 aliphatic rings. The Kier molecular flexibility index (Phi) is 4.06. The number of ether oxygens (including phenoxy) is 1. The first kappa shape index (κ1) is 17.1. The largest absolute Gasteiger partial charge is 0.457 e. The number of hydrogen-bond acceptors (Lipinski definition) is 2. The Morgan fingerprint density at radius 2 is 1.62 bits per heavy atom. The van der Waals surface area contributed by atoms with Gasteiger partial charge in [-0.05, 0) is 66.5 Å². The van der Waals surface area contributed by atoms with Gasteiger partial charge in [0.05, 0.1) is 0 Å². The number of rotatable bonds is 3. The first-order chi connectivity index (χ1) is 12.3. The summed E-state index contributed by atoms with van der Waals surface area (Å²) in [5, 5.41) is 0. The van der Waals surface area contributed by atoms with Crippen LogP contribution in [-0.2, 0) is 0 Å². The molecule has 26 heavy (non-hydrogen) atoms. The predicted molar refractivity (Wildman–Crippen MR) is 104 cm³/mol. The van der Waals surface area contributed by atoms with Crippen molar-refractivity contribution >= 4 is 5.91 Å². The molecule has 1 amide bonds. The molecule has 1 heterocycles. The van der Waals surface area contributed by atoms with Gasteiger partial charge in [-0.2, -0.15) is 0 Å². The molecule has 0 N–H and O–H groups in total. The molecule has 3 nitrogen and oxygen atoms in total. The van der Waals surface area contributed by atoms with Crippen molar-refractivity contribution in [2.24, 2.45) is 10.8 Å². The van der Waals surface area contributed by atoms with E-state index in [0.29, 0.717) is 11.5 Å². The van der Waals surface area contributed by atoms with Crippen molar-refractivity contribution in [2.45, 2.75) is 46.1 Å². The molecule has 136 valence electrons. The van der Waals surface area contributed by atoms with Gasteiger partial charge in [0, 0.05) is 18.2 Å². The van der Waals surface area contributed by atoms with Crippen LogP contribution in [0.2, 0.25) is 0 Å². The Labute approximate surface area is 156 Å². The number of carbonyl (C=O) groups excluding carboxylic acids is 1. The van der Waals surface area contributed by atoms with E-state index in [9.17, 15) is 4.79 Å². The standard InChI is InChI=1S/C23H27NO2/c1-22(2)13-18-14-23(3,15-22)16-24(18)21(25)17-9-11-20(12-10-17)26-19-7-5-4-6-8-19/h4-12,18H,13-16H2,1-3H3/t18-,23+/m1/s1. The minimum absolute atomic E-state index is 0.155. The summed E-state index contributed by atoms with van der Waals surface area (Å²) < 4.78 is 5.83. The van der Waals surface area contributed by atoms with Gasteiger partial charge in [0.2, 0.25) is 0 Å². The molecule has 2 bridgehead atoms. The third-order valence-electron chi connectivity index (χ3n) is 5.76. The van der Waals surface area contributed by atoms with Gasteiger partial charge in [0.1, 0.15) is 11.5 Å². The molecule has 4 rings (SSSR count). The number of nitrogens with zero attached hydrogens (tertiary/aromatic N) is 1. The molecule has 3 heteroatoms. The molecule has 1 aliphatic carbocycles. The second kappa shape index (κ2) is 6.15. The Bertz CT molecular complexity index is 797. The van der Waals surface area contributed by atoms with Crippen LogP contribution in [0.25, 0.3) is 0 Å². The number of carbonyl (C=O) groups is 1. The molecule has 0 spiro atoms. The average Bonchev–Trinajstić information content (AvgIpc) is 2.85. The monoisotopic (exact) mass is 349 g/mol. The van der Waals surface area contributed by atoms with E-state index in [1.807, 2.05) is 54.6 Å². The zero-order valence-corrected chi connectivity index (χ0v) is 15.9. The van der Waals surface area contributed by atoms with Crippen LogP contribution >= 0.6 is 0 Å². The molecule has 0 radical (unpaired) electrons. The normalized spacial score (nSPS) is 26.6. The highest BCUT2D eigenvalue weighted by atomic mass is 16.5. The van der Waals surface area contributed by atoms with Gasteiger partial charge >= 0.3 is 0 Å². The summed E-state index contributed by atoms with van der Waals surface area (Å²) in [4.78, 5) is 15.2. The fourth-order valence-electron chi connectivity index (χ4n) is 5.15.